The van der Waals surface area contributed by atoms with Gasteiger partial charge < -0.3 is 14.6 Å². The Hall–Kier alpha value is -2.05. The average Bonchev–Trinajstić information content (AvgIpc) is 2.59. The lowest BCUT2D eigenvalue weighted by molar-refractivity contribution is -0.139. The van der Waals surface area contributed by atoms with Gasteiger partial charge in [0.15, 0.2) is 11.5 Å². The number of hydrogen-bond acceptors (Lipinski definition) is 4. The van der Waals surface area contributed by atoms with E-state index in [1.165, 1.54) is 0 Å². The van der Waals surface area contributed by atoms with E-state index < -0.39 is 12.0 Å². The van der Waals surface area contributed by atoms with Crippen molar-refractivity contribution in [1.82, 2.24) is 5.32 Å². The molecule has 0 aliphatic carbocycles. The highest BCUT2D eigenvalue weighted by atomic mass is 79.9. The van der Waals surface area contributed by atoms with Crippen LogP contribution in [0.2, 0.25) is 0 Å². The molecule has 5 nitrogen and oxygen atoms in total. The van der Waals surface area contributed by atoms with Gasteiger partial charge in [-0.2, -0.15) is 0 Å². The largest absolute Gasteiger partial charge is 0.493 e. The van der Waals surface area contributed by atoms with Crippen LogP contribution in [0.3, 0.4) is 0 Å². The summed E-state index contributed by atoms with van der Waals surface area (Å²) in [5.41, 5.74) is 1.87. The number of ether oxygens (including phenoxy) is 2. The van der Waals surface area contributed by atoms with Crippen molar-refractivity contribution in [3.63, 3.8) is 0 Å². The maximum atomic E-state index is 11.5. The zero-order valence-electron chi connectivity index (χ0n) is 13.6. The van der Waals surface area contributed by atoms with Gasteiger partial charge in [-0.25, -0.2) is 0 Å². The smallest absolute Gasteiger partial charge is 0.321 e. The second-order valence-corrected chi connectivity index (χ2v) is 6.11. The molecular formula is C18H20BrNO4. The van der Waals surface area contributed by atoms with E-state index in [2.05, 4.69) is 21.2 Å². The molecule has 0 aromatic heterocycles. The molecule has 2 rings (SSSR count). The highest BCUT2D eigenvalue weighted by Crippen LogP contribution is 2.33. The highest BCUT2D eigenvalue weighted by Gasteiger charge is 2.18. The summed E-state index contributed by atoms with van der Waals surface area (Å²) in [5.74, 6) is 0.343. The van der Waals surface area contributed by atoms with E-state index >= 15 is 0 Å². The second-order valence-electron chi connectivity index (χ2n) is 5.26. The van der Waals surface area contributed by atoms with E-state index in [-0.39, 0.29) is 0 Å². The molecule has 0 saturated heterocycles. The molecule has 2 aromatic rings. The van der Waals surface area contributed by atoms with Crippen LogP contribution in [0.4, 0.5) is 0 Å². The van der Waals surface area contributed by atoms with Crippen molar-refractivity contribution in [2.24, 2.45) is 0 Å². The predicted octanol–water partition coefficient (Wildman–Crippen LogP) is 3.25. The molecule has 2 N–H and O–H groups in total. The molecule has 0 fully saturated rings. The number of carboxylic acid groups (broad SMARTS) is 1. The van der Waals surface area contributed by atoms with Crippen LogP contribution in [0.15, 0.2) is 46.9 Å². The Balaban J connectivity index is 2.10. The van der Waals surface area contributed by atoms with Crippen molar-refractivity contribution in [3.8, 4) is 11.5 Å². The molecule has 0 aliphatic rings. The minimum Gasteiger partial charge on any atom is -0.493 e. The Bertz CT molecular complexity index is 691. The first-order valence-corrected chi connectivity index (χ1v) is 8.25. The van der Waals surface area contributed by atoms with E-state index in [9.17, 15) is 9.90 Å². The molecule has 0 amide bonds. The quantitative estimate of drug-likeness (QED) is 0.720. The van der Waals surface area contributed by atoms with Crippen molar-refractivity contribution in [2.45, 2.75) is 19.0 Å². The molecule has 2 aromatic carbocycles. The molecule has 0 aliphatic heterocycles. The summed E-state index contributed by atoms with van der Waals surface area (Å²) in [7, 11) is 3.14. The van der Waals surface area contributed by atoms with Crippen LogP contribution >= 0.6 is 15.9 Å². The highest BCUT2D eigenvalue weighted by molar-refractivity contribution is 9.10. The lowest BCUT2D eigenvalue weighted by Crippen LogP contribution is -2.38. The molecule has 1 atom stereocenters. The number of halogens is 1. The van der Waals surface area contributed by atoms with Gasteiger partial charge >= 0.3 is 5.97 Å². The molecular weight excluding hydrogens is 374 g/mol. The second kappa shape index (κ2) is 8.70. The fourth-order valence-electron chi connectivity index (χ4n) is 2.36. The van der Waals surface area contributed by atoms with E-state index in [4.69, 9.17) is 9.47 Å². The molecule has 0 heterocycles. The minimum atomic E-state index is -0.879. The molecule has 0 bridgehead atoms. The van der Waals surface area contributed by atoms with Crippen molar-refractivity contribution in [2.75, 3.05) is 14.2 Å². The molecule has 0 spiro atoms. The number of rotatable bonds is 8. The summed E-state index contributed by atoms with van der Waals surface area (Å²) in [6.07, 6.45) is 0.418. The maximum absolute atomic E-state index is 11.5. The molecule has 24 heavy (non-hydrogen) atoms. The van der Waals surface area contributed by atoms with Gasteiger partial charge in [0, 0.05) is 11.0 Å². The molecule has 0 radical (unpaired) electrons. The van der Waals surface area contributed by atoms with Gasteiger partial charge in [0.1, 0.15) is 6.04 Å². The van der Waals surface area contributed by atoms with E-state index in [1.54, 1.807) is 14.2 Å². The van der Waals surface area contributed by atoms with Crippen LogP contribution in [-0.4, -0.2) is 31.3 Å². The zero-order chi connectivity index (χ0) is 17.5. The fourth-order valence-corrected chi connectivity index (χ4v) is 2.82. The molecule has 128 valence electrons. The van der Waals surface area contributed by atoms with Crippen LogP contribution in [0, 0.1) is 0 Å². The lowest BCUT2D eigenvalue weighted by atomic mass is 10.1. The summed E-state index contributed by atoms with van der Waals surface area (Å²) in [4.78, 5) is 11.5. The third-order valence-corrected chi connectivity index (χ3v) is 4.41. The summed E-state index contributed by atoms with van der Waals surface area (Å²) in [6.45, 7) is 0.394. The van der Waals surface area contributed by atoms with Crippen LogP contribution < -0.4 is 14.8 Å². The van der Waals surface area contributed by atoms with Gasteiger partial charge in [0.05, 0.1) is 14.2 Å². The van der Waals surface area contributed by atoms with Crippen LogP contribution in [0.25, 0.3) is 0 Å². The Kier molecular flexibility index (Phi) is 6.63. The third kappa shape index (κ3) is 4.72. The van der Waals surface area contributed by atoms with Crippen LogP contribution in [-0.2, 0) is 17.8 Å². The summed E-state index contributed by atoms with van der Waals surface area (Å²) in [6, 6.07) is 12.5. The van der Waals surface area contributed by atoms with Gasteiger partial charge in [-0.15, -0.1) is 0 Å². The topological polar surface area (TPSA) is 67.8 Å². The average molecular weight is 394 g/mol. The first-order chi connectivity index (χ1) is 11.5. The summed E-state index contributed by atoms with van der Waals surface area (Å²) < 4.78 is 11.4. The van der Waals surface area contributed by atoms with Gasteiger partial charge in [0.2, 0.25) is 0 Å². The number of nitrogens with one attached hydrogen (secondary N) is 1. The normalized spacial score (nSPS) is 11.8. The first-order valence-electron chi connectivity index (χ1n) is 7.45. The predicted molar refractivity (Wildman–Crippen MR) is 95.7 cm³/mol. The number of benzene rings is 2. The number of hydrogen-bond donors (Lipinski definition) is 2. The molecule has 6 heteroatoms. The number of aliphatic carboxylic acids is 1. The van der Waals surface area contributed by atoms with E-state index in [1.807, 2.05) is 42.5 Å². The number of methoxy groups -OCH3 is 2. The van der Waals surface area contributed by atoms with Crippen molar-refractivity contribution in [1.29, 1.82) is 0 Å². The van der Waals surface area contributed by atoms with Crippen molar-refractivity contribution < 1.29 is 19.4 Å². The first kappa shape index (κ1) is 18.3. The van der Waals surface area contributed by atoms with Gasteiger partial charge in [-0.3, -0.25) is 10.1 Å². The van der Waals surface area contributed by atoms with Gasteiger partial charge in [0.25, 0.3) is 0 Å². The third-order valence-electron chi connectivity index (χ3n) is 3.67. The van der Waals surface area contributed by atoms with E-state index in [0.29, 0.717) is 24.5 Å². The maximum Gasteiger partial charge on any atom is 0.321 e. The lowest BCUT2D eigenvalue weighted by Gasteiger charge is -2.17. The van der Waals surface area contributed by atoms with Crippen LogP contribution in [0.5, 0.6) is 11.5 Å². The standard InChI is InChI=1S/C18H20BrNO4/c1-23-16-9-13(14(19)10-17(16)24-2)11-20-15(18(21)22)8-12-6-4-3-5-7-12/h3-7,9-10,15,20H,8,11H2,1-2H3,(H,21,22)/t15-/m1/s1. The van der Waals surface area contributed by atoms with E-state index in [0.717, 1.165) is 15.6 Å². The summed E-state index contributed by atoms with van der Waals surface area (Å²) in [5, 5.41) is 12.5. The molecule has 0 saturated carbocycles. The molecule has 0 unspecified atom stereocenters. The van der Waals surface area contributed by atoms with Gasteiger partial charge in [-0.1, -0.05) is 46.3 Å². The van der Waals surface area contributed by atoms with Crippen LogP contribution in [0.1, 0.15) is 11.1 Å². The number of carboxylic acids is 1. The van der Waals surface area contributed by atoms with Crippen molar-refractivity contribution >= 4 is 21.9 Å². The Labute approximate surface area is 149 Å². The Morgan fingerprint density at radius 1 is 1.17 bits per heavy atom. The Morgan fingerprint density at radius 2 is 1.79 bits per heavy atom. The monoisotopic (exact) mass is 393 g/mol. The SMILES string of the molecule is COc1cc(Br)c(CN[C@H](Cc2ccccc2)C(=O)O)cc1OC. The van der Waals surface area contributed by atoms with Crippen molar-refractivity contribution in [3.05, 3.63) is 58.1 Å². The fraction of sp³-hybridized carbons (Fsp3) is 0.278. The zero-order valence-corrected chi connectivity index (χ0v) is 15.2. The minimum absolute atomic E-state index is 0.394. The number of carbonyl (C=O) groups is 1. The van der Waals surface area contributed by atoms with Gasteiger partial charge in [-0.05, 0) is 29.7 Å². The Morgan fingerprint density at radius 3 is 2.38 bits per heavy atom. The summed E-state index contributed by atoms with van der Waals surface area (Å²) >= 11 is 3.48.